The zero-order valence-electron chi connectivity index (χ0n) is 16.8. The van der Waals surface area contributed by atoms with E-state index in [-0.39, 0.29) is 11.9 Å². The van der Waals surface area contributed by atoms with Gasteiger partial charge in [0.05, 0.1) is 13.2 Å². The summed E-state index contributed by atoms with van der Waals surface area (Å²) < 4.78 is 5.33. The third-order valence-corrected chi connectivity index (χ3v) is 5.51. The second-order valence-corrected chi connectivity index (χ2v) is 7.65. The normalized spacial score (nSPS) is 17.6. The van der Waals surface area contributed by atoms with Gasteiger partial charge in [-0.25, -0.2) is 4.79 Å². The topological polar surface area (TPSA) is 53.1 Å². The Morgan fingerprint density at radius 3 is 2.52 bits per heavy atom. The van der Waals surface area contributed by atoms with Crippen molar-refractivity contribution in [3.63, 3.8) is 0 Å². The Morgan fingerprint density at radius 2 is 1.76 bits per heavy atom. The highest BCUT2D eigenvalue weighted by Crippen LogP contribution is 2.23. The molecule has 2 saturated heterocycles. The van der Waals surface area contributed by atoms with Crippen molar-refractivity contribution in [1.29, 1.82) is 0 Å². The molecular formula is C23H27N3O3. The number of urea groups is 1. The minimum absolute atomic E-state index is 0.00359. The zero-order chi connectivity index (χ0) is 20.2. The summed E-state index contributed by atoms with van der Waals surface area (Å²) in [5, 5.41) is 0. The van der Waals surface area contributed by atoms with Crippen LogP contribution in [0.4, 0.5) is 10.5 Å². The number of ether oxygens (including phenoxy) is 1. The summed E-state index contributed by atoms with van der Waals surface area (Å²) in [4.78, 5) is 31.4. The molecule has 0 unspecified atom stereocenters. The summed E-state index contributed by atoms with van der Waals surface area (Å²) in [6, 6.07) is 15.7. The van der Waals surface area contributed by atoms with Crippen LogP contribution in [0.5, 0.6) is 0 Å². The summed E-state index contributed by atoms with van der Waals surface area (Å²) in [6.45, 7) is 6.43. The number of nitrogens with zero attached hydrogens (tertiary/aromatic N) is 3. The maximum Gasteiger partial charge on any atom is 0.324 e. The highest BCUT2D eigenvalue weighted by atomic mass is 16.5. The number of rotatable bonds is 4. The molecule has 29 heavy (non-hydrogen) atoms. The lowest BCUT2D eigenvalue weighted by Gasteiger charge is -2.36. The largest absolute Gasteiger partial charge is 0.378 e. The maximum absolute atomic E-state index is 13.1. The minimum Gasteiger partial charge on any atom is -0.378 e. The van der Waals surface area contributed by atoms with Crippen LogP contribution in [0.25, 0.3) is 0 Å². The molecule has 152 valence electrons. The first-order valence-electron chi connectivity index (χ1n) is 10.2. The second kappa shape index (κ2) is 8.66. The molecule has 0 radical (unpaired) electrons. The maximum atomic E-state index is 13.1. The summed E-state index contributed by atoms with van der Waals surface area (Å²) in [7, 11) is 0. The van der Waals surface area contributed by atoms with Crippen LogP contribution in [0.2, 0.25) is 0 Å². The zero-order valence-corrected chi connectivity index (χ0v) is 16.8. The molecule has 0 aromatic heterocycles. The van der Waals surface area contributed by atoms with E-state index in [2.05, 4.69) is 31.2 Å². The van der Waals surface area contributed by atoms with E-state index in [0.29, 0.717) is 45.0 Å². The molecule has 6 nitrogen and oxygen atoms in total. The molecule has 2 aromatic carbocycles. The summed E-state index contributed by atoms with van der Waals surface area (Å²) >= 11 is 0. The van der Waals surface area contributed by atoms with Gasteiger partial charge < -0.3 is 14.5 Å². The Bertz CT molecular complexity index is 875. The van der Waals surface area contributed by atoms with Gasteiger partial charge in [0, 0.05) is 44.0 Å². The molecule has 0 saturated carbocycles. The van der Waals surface area contributed by atoms with Crippen LogP contribution in [0.1, 0.15) is 27.9 Å². The molecule has 2 aliphatic rings. The molecule has 2 heterocycles. The molecule has 2 fully saturated rings. The minimum atomic E-state index is -0.00667. The van der Waals surface area contributed by atoms with Gasteiger partial charge in [-0.2, -0.15) is 0 Å². The number of carbonyl (C=O) groups excluding carboxylic acids is 2. The van der Waals surface area contributed by atoms with E-state index < -0.39 is 0 Å². The van der Waals surface area contributed by atoms with Gasteiger partial charge in [-0.15, -0.1) is 0 Å². The molecule has 0 N–H and O–H groups in total. The van der Waals surface area contributed by atoms with E-state index in [0.717, 1.165) is 24.2 Å². The van der Waals surface area contributed by atoms with Gasteiger partial charge in [0.15, 0.2) is 0 Å². The fraction of sp³-hybridized carbons (Fsp3) is 0.391. The van der Waals surface area contributed by atoms with Crippen LogP contribution >= 0.6 is 0 Å². The average Bonchev–Trinajstić information content (AvgIpc) is 2.77. The Morgan fingerprint density at radius 1 is 1.00 bits per heavy atom. The van der Waals surface area contributed by atoms with Gasteiger partial charge in [0.25, 0.3) is 5.91 Å². The van der Waals surface area contributed by atoms with Gasteiger partial charge in [0.2, 0.25) is 0 Å². The third kappa shape index (κ3) is 4.43. The molecule has 4 rings (SSSR count). The van der Waals surface area contributed by atoms with Gasteiger partial charge in [-0.05, 0) is 37.1 Å². The third-order valence-electron chi connectivity index (χ3n) is 5.51. The fourth-order valence-electron chi connectivity index (χ4n) is 3.84. The van der Waals surface area contributed by atoms with Gasteiger partial charge >= 0.3 is 6.03 Å². The molecule has 0 spiro atoms. The number of carbonyl (C=O) groups is 2. The highest BCUT2D eigenvalue weighted by molar-refractivity contribution is 5.98. The van der Waals surface area contributed by atoms with E-state index in [4.69, 9.17) is 4.74 Å². The van der Waals surface area contributed by atoms with E-state index in [1.165, 1.54) is 5.56 Å². The van der Waals surface area contributed by atoms with Gasteiger partial charge in [-0.1, -0.05) is 35.9 Å². The molecular weight excluding hydrogens is 366 g/mol. The van der Waals surface area contributed by atoms with Crippen LogP contribution in [-0.4, -0.2) is 61.1 Å². The SMILES string of the molecule is Cc1ccc(CN2CCCN(c3cccc(C(=O)N4CCOCC4)c3)C2=O)cc1. The molecule has 0 atom stereocenters. The number of amides is 3. The lowest BCUT2D eigenvalue weighted by molar-refractivity contribution is 0.0303. The van der Waals surface area contributed by atoms with Crippen molar-refractivity contribution in [3.05, 3.63) is 65.2 Å². The van der Waals surface area contributed by atoms with Crippen LogP contribution in [0.15, 0.2) is 48.5 Å². The molecule has 0 aliphatic carbocycles. The number of hydrogen-bond acceptors (Lipinski definition) is 3. The van der Waals surface area contributed by atoms with E-state index in [1.54, 1.807) is 4.90 Å². The van der Waals surface area contributed by atoms with Gasteiger partial charge in [-0.3, -0.25) is 9.69 Å². The van der Waals surface area contributed by atoms with Gasteiger partial charge in [0.1, 0.15) is 0 Å². The summed E-state index contributed by atoms with van der Waals surface area (Å²) in [5.41, 5.74) is 3.74. The van der Waals surface area contributed by atoms with Crippen LogP contribution in [-0.2, 0) is 11.3 Å². The Labute approximate surface area is 171 Å². The number of anilines is 1. The average molecular weight is 393 g/mol. The number of aryl methyl sites for hydroxylation is 1. The van der Waals surface area contributed by atoms with E-state index in [9.17, 15) is 9.59 Å². The van der Waals surface area contributed by atoms with Crippen LogP contribution < -0.4 is 4.90 Å². The van der Waals surface area contributed by atoms with Crippen molar-refractivity contribution in [2.75, 3.05) is 44.3 Å². The van der Waals surface area contributed by atoms with Crippen molar-refractivity contribution in [1.82, 2.24) is 9.80 Å². The van der Waals surface area contributed by atoms with Crippen molar-refractivity contribution in [2.24, 2.45) is 0 Å². The predicted octanol–water partition coefficient (Wildman–Crippen LogP) is 3.30. The smallest absolute Gasteiger partial charge is 0.324 e. The Hall–Kier alpha value is -2.86. The lowest BCUT2D eigenvalue weighted by atomic mass is 10.1. The number of hydrogen-bond donors (Lipinski definition) is 0. The first kappa shape index (κ1) is 19.5. The monoisotopic (exact) mass is 393 g/mol. The second-order valence-electron chi connectivity index (χ2n) is 7.65. The Kier molecular flexibility index (Phi) is 5.81. The molecule has 3 amide bonds. The first-order chi connectivity index (χ1) is 14.1. The van der Waals surface area contributed by atoms with Crippen molar-refractivity contribution in [2.45, 2.75) is 19.9 Å². The standard InChI is InChI=1S/C23H27N3O3/c1-18-6-8-19(9-7-18)17-25-10-3-11-26(23(25)28)21-5-2-4-20(16-21)22(27)24-12-14-29-15-13-24/h2,4-9,16H,3,10-15,17H2,1H3. The quantitative estimate of drug-likeness (QED) is 0.801. The van der Waals surface area contributed by atoms with Crippen LogP contribution in [0, 0.1) is 6.92 Å². The summed E-state index contributed by atoms with van der Waals surface area (Å²) in [5.74, 6) is -0.00359. The molecule has 6 heteroatoms. The Balaban J connectivity index is 1.49. The van der Waals surface area contributed by atoms with Crippen molar-refractivity contribution in [3.8, 4) is 0 Å². The van der Waals surface area contributed by atoms with E-state index >= 15 is 0 Å². The number of morpholine rings is 1. The highest BCUT2D eigenvalue weighted by Gasteiger charge is 2.27. The molecule has 2 aliphatic heterocycles. The lowest BCUT2D eigenvalue weighted by Crippen LogP contribution is -2.49. The number of benzene rings is 2. The molecule has 2 aromatic rings. The van der Waals surface area contributed by atoms with Crippen molar-refractivity contribution < 1.29 is 14.3 Å². The predicted molar refractivity (Wildman–Crippen MR) is 112 cm³/mol. The molecule has 0 bridgehead atoms. The van der Waals surface area contributed by atoms with Crippen LogP contribution in [0.3, 0.4) is 0 Å². The fourth-order valence-corrected chi connectivity index (χ4v) is 3.84. The summed E-state index contributed by atoms with van der Waals surface area (Å²) in [6.07, 6.45) is 0.902. The van der Waals surface area contributed by atoms with Crippen molar-refractivity contribution >= 4 is 17.6 Å². The van der Waals surface area contributed by atoms with E-state index in [1.807, 2.05) is 34.1 Å². The first-order valence-corrected chi connectivity index (χ1v) is 10.2.